The number of aryl methyl sites for hydroxylation is 1. The number of aromatic nitrogens is 4. The molecule has 47 heavy (non-hydrogen) atoms. The molecule has 3 aliphatic rings. The number of benzene rings is 2. The van der Waals surface area contributed by atoms with Crippen molar-refractivity contribution in [1.82, 2.24) is 24.5 Å². The third-order valence-corrected chi connectivity index (χ3v) is 10.5. The van der Waals surface area contributed by atoms with E-state index >= 15 is 0 Å². The molecule has 4 heterocycles. The summed E-state index contributed by atoms with van der Waals surface area (Å²) < 4.78 is 21.4. The molecule has 1 atom stereocenters. The van der Waals surface area contributed by atoms with Crippen molar-refractivity contribution in [2.75, 3.05) is 39.5 Å². The molecule has 7 rings (SSSR count). The van der Waals surface area contributed by atoms with Crippen LogP contribution in [0, 0.1) is 19.3 Å². The van der Waals surface area contributed by atoms with Crippen molar-refractivity contribution in [3.05, 3.63) is 52.8 Å². The molecular weight excluding hydrogens is 618 g/mol. The Labute approximate surface area is 280 Å². The van der Waals surface area contributed by atoms with Crippen LogP contribution in [0.2, 0.25) is 5.02 Å². The molecular formula is C36H44ClN5O5. The van der Waals surface area contributed by atoms with Crippen LogP contribution >= 0.6 is 11.6 Å². The van der Waals surface area contributed by atoms with Gasteiger partial charge in [-0.1, -0.05) is 24.9 Å². The number of likely N-dealkylation sites (tertiary alicyclic amines) is 1. The zero-order valence-corrected chi connectivity index (χ0v) is 28.3. The van der Waals surface area contributed by atoms with Crippen molar-refractivity contribution in [1.29, 1.82) is 0 Å². The van der Waals surface area contributed by atoms with Crippen molar-refractivity contribution in [3.63, 3.8) is 0 Å². The van der Waals surface area contributed by atoms with Crippen LogP contribution in [-0.2, 0) is 9.47 Å². The molecule has 250 valence electrons. The predicted octanol–water partition coefficient (Wildman–Crippen LogP) is 7.48. The van der Waals surface area contributed by atoms with E-state index in [1.54, 1.807) is 0 Å². The van der Waals surface area contributed by atoms with Gasteiger partial charge in [0.2, 0.25) is 0 Å². The first-order chi connectivity index (χ1) is 22.8. The van der Waals surface area contributed by atoms with Crippen LogP contribution in [0.1, 0.15) is 75.4 Å². The molecule has 2 aromatic carbocycles. The number of hydrogen-bond donors (Lipinski definition) is 1. The van der Waals surface area contributed by atoms with Gasteiger partial charge in [-0.05, 0) is 88.3 Å². The Balaban J connectivity index is 1.24. The van der Waals surface area contributed by atoms with Crippen LogP contribution in [0.5, 0.6) is 5.75 Å². The zero-order chi connectivity index (χ0) is 32.7. The molecule has 11 heteroatoms. The van der Waals surface area contributed by atoms with Gasteiger partial charge in [-0.25, -0.2) is 9.48 Å². The number of aliphatic hydroxyl groups is 1. The summed E-state index contributed by atoms with van der Waals surface area (Å²) in [5, 5.41) is 21.0. The Kier molecular flexibility index (Phi) is 8.93. The van der Waals surface area contributed by atoms with E-state index in [1.807, 2.05) is 47.0 Å². The van der Waals surface area contributed by atoms with Crippen molar-refractivity contribution >= 4 is 28.6 Å². The lowest BCUT2D eigenvalue weighted by Gasteiger charge is -2.58. The lowest BCUT2D eigenvalue weighted by molar-refractivity contribution is -0.0825. The average molecular weight is 662 g/mol. The molecule has 2 aliphatic heterocycles. The topological polar surface area (TPSA) is 104 Å². The molecule has 10 nitrogen and oxygen atoms in total. The number of carbonyl (C=O) groups is 1. The minimum absolute atomic E-state index is 0.0440. The first kappa shape index (κ1) is 32.0. The molecule has 2 saturated heterocycles. The summed E-state index contributed by atoms with van der Waals surface area (Å²) in [6.07, 6.45) is 8.53. The van der Waals surface area contributed by atoms with E-state index in [4.69, 9.17) is 36.0 Å². The molecule has 4 aromatic rings. The summed E-state index contributed by atoms with van der Waals surface area (Å²) in [7, 11) is 0. The fourth-order valence-corrected chi connectivity index (χ4v) is 7.84. The smallest absolute Gasteiger partial charge is 0.409 e. The molecule has 1 saturated carbocycles. The van der Waals surface area contributed by atoms with Crippen LogP contribution in [0.15, 0.2) is 36.5 Å². The number of aliphatic hydroxyl groups excluding tert-OH is 1. The number of hydrogen-bond acceptors (Lipinski definition) is 7. The Hall–Kier alpha value is -3.60. The lowest BCUT2D eigenvalue weighted by Crippen LogP contribution is -2.64. The third-order valence-electron chi connectivity index (χ3n) is 10.1. The van der Waals surface area contributed by atoms with Crippen LogP contribution in [0.4, 0.5) is 4.79 Å². The Morgan fingerprint density at radius 3 is 2.60 bits per heavy atom. The Bertz CT molecular complexity index is 1750. The van der Waals surface area contributed by atoms with Crippen molar-refractivity contribution in [3.8, 4) is 28.1 Å². The second-order valence-electron chi connectivity index (χ2n) is 13.5. The van der Waals surface area contributed by atoms with Gasteiger partial charge in [0.1, 0.15) is 18.1 Å². The van der Waals surface area contributed by atoms with E-state index in [2.05, 4.69) is 24.6 Å². The summed E-state index contributed by atoms with van der Waals surface area (Å²) in [5.74, 6) is 0.689. The van der Waals surface area contributed by atoms with E-state index in [9.17, 15) is 9.90 Å². The van der Waals surface area contributed by atoms with Gasteiger partial charge in [0.25, 0.3) is 0 Å². The summed E-state index contributed by atoms with van der Waals surface area (Å²) >= 11 is 7.22. The zero-order valence-electron chi connectivity index (χ0n) is 27.5. The monoisotopic (exact) mass is 661 g/mol. The summed E-state index contributed by atoms with van der Waals surface area (Å²) in [5.41, 5.74) is 6.87. The summed E-state index contributed by atoms with van der Waals surface area (Å²) in [6, 6.07) is 10.2. The van der Waals surface area contributed by atoms with Gasteiger partial charge in [-0.3, -0.25) is 4.68 Å². The molecule has 1 spiro atoms. The number of amides is 1. The van der Waals surface area contributed by atoms with Crippen LogP contribution in [0.3, 0.4) is 0 Å². The Morgan fingerprint density at radius 2 is 1.89 bits per heavy atom. The standard InChI is InChI=1S/C36H44ClN5O5/c1-4-5-14-47-35(44)40-21-36(22-40)18-26(19-36)41-24(3)31(34(39-41)25-9-11-27(12-10-25)45-16-13-43)32-28-20-38-42(30-8-6-7-15-46-30)29(28)17-23(2)33(32)37/h9-12,17,20,26,30,43H,4-8,13-16,18-19,21-22H2,1-3H3. The molecule has 1 unspecified atom stereocenters. The number of carbonyl (C=O) groups excluding carboxylic acids is 1. The fourth-order valence-electron chi connectivity index (χ4n) is 7.59. The van der Waals surface area contributed by atoms with E-state index < -0.39 is 0 Å². The summed E-state index contributed by atoms with van der Waals surface area (Å²) in [6.45, 7) is 9.14. The third kappa shape index (κ3) is 5.89. The second-order valence-corrected chi connectivity index (χ2v) is 13.8. The molecule has 3 fully saturated rings. The van der Waals surface area contributed by atoms with Crippen LogP contribution < -0.4 is 4.74 Å². The van der Waals surface area contributed by atoms with Crippen molar-refractivity contribution in [2.24, 2.45) is 5.41 Å². The highest BCUT2D eigenvalue weighted by atomic mass is 35.5. The Morgan fingerprint density at radius 1 is 1.11 bits per heavy atom. The summed E-state index contributed by atoms with van der Waals surface area (Å²) in [4.78, 5) is 14.3. The highest BCUT2D eigenvalue weighted by molar-refractivity contribution is 6.36. The fraction of sp³-hybridized carbons (Fsp3) is 0.528. The van der Waals surface area contributed by atoms with Crippen molar-refractivity contribution < 1.29 is 24.1 Å². The van der Waals surface area contributed by atoms with Gasteiger partial charge in [0.05, 0.1) is 36.0 Å². The van der Waals surface area contributed by atoms with Gasteiger partial charge < -0.3 is 24.2 Å². The molecule has 2 aromatic heterocycles. The van der Waals surface area contributed by atoms with Crippen LogP contribution in [0.25, 0.3) is 33.3 Å². The second kappa shape index (κ2) is 13.1. The van der Waals surface area contributed by atoms with Gasteiger partial charge in [0.15, 0.2) is 6.23 Å². The first-order valence-electron chi connectivity index (χ1n) is 17.0. The first-order valence-corrected chi connectivity index (χ1v) is 17.3. The number of rotatable bonds is 10. The number of halogens is 1. The number of ether oxygens (including phenoxy) is 3. The highest BCUT2D eigenvalue weighted by Crippen LogP contribution is 2.55. The minimum Gasteiger partial charge on any atom is -0.491 e. The highest BCUT2D eigenvalue weighted by Gasteiger charge is 2.55. The van der Waals surface area contributed by atoms with E-state index in [0.29, 0.717) is 17.4 Å². The number of unbranched alkanes of at least 4 members (excludes halogenated alkanes) is 1. The lowest BCUT2D eigenvalue weighted by atomic mass is 9.61. The number of nitrogens with zero attached hydrogens (tertiary/aromatic N) is 5. The normalized spacial score (nSPS) is 19.2. The van der Waals surface area contributed by atoms with E-state index in [-0.39, 0.29) is 37.0 Å². The molecule has 1 N–H and O–H groups in total. The quantitative estimate of drug-likeness (QED) is 0.176. The maximum atomic E-state index is 12.5. The molecule has 1 amide bonds. The maximum absolute atomic E-state index is 12.5. The predicted molar refractivity (Wildman–Crippen MR) is 181 cm³/mol. The van der Waals surface area contributed by atoms with Crippen LogP contribution in [-0.4, -0.2) is 75.2 Å². The molecule has 0 bridgehead atoms. The van der Waals surface area contributed by atoms with E-state index in [0.717, 1.165) is 109 Å². The largest absolute Gasteiger partial charge is 0.491 e. The number of fused-ring (bicyclic) bond motifs is 1. The van der Waals surface area contributed by atoms with Crippen molar-refractivity contribution in [2.45, 2.75) is 78.0 Å². The molecule has 0 radical (unpaired) electrons. The SMILES string of the molecule is CCCCOC(=O)N1CC2(CC(n3nc(-c4ccc(OCCO)cc4)c(-c4c(Cl)c(C)cc5c4cnn5C4CCCCO4)c3C)C2)C1. The van der Waals surface area contributed by atoms with Gasteiger partial charge in [0, 0.05) is 52.9 Å². The minimum atomic E-state index is -0.198. The van der Waals surface area contributed by atoms with Gasteiger partial charge in [-0.15, -0.1) is 0 Å². The van der Waals surface area contributed by atoms with Gasteiger partial charge in [-0.2, -0.15) is 10.2 Å². The van der Waals surface area contributed by atoms with Gasteiger partial charge >= 0.3 is 6.09 Å². The molecule has 1 aliphatic carbocycles. The van der Waals surface area contributed by atoms with E-state index in [1.165, 1.54) is 0 Å². The average Bonchev–Trinajstić information content (AvgIpc) is 3.61. The maximum Gasteiger partial charge on any atom is 0.409 e.